The molecule has 7 nitrogen and oxygen atoms in total. The number of benzene rings is 2. The molecule has 2 aromatic carbocycles. The SMILES string of the molecule is COc1cccc(N2CCN(C(=O)c3ccc(S(N)(=O)=O)cc3)CC2)c1. The van der Waals surface area contributed by atoms with Crippen molar-refractivity contribution in [1.29, 1.82) is 0 Å². The Morgan fingerprint density at radius 2 is 1.69 bits per heavy atom. The van der Waals surface area contributed by atoms with Crippen LogP contribution in [0.5, 0.6) is 5.75 Å². The Kier molecular flexibility index (Phi) is 5.15. The highest BCUT2D eigenvalue weighted by molar-refractivity contribution is 7.89. The van der Waals surface area contributed by atoms with Gasteiger partial charge >= 0.3 is 0 Å². The van der Waals surface area contributed by atoms with Crippen LogP contribution in [0.1, 0.15) is 10.4 Å². The Labute approximate surface area is 153 Å². The summed E-state index contributed by atoms with van der Waals surface area (Å²) in [5.74, 6) is 0.687. The molecule has 2 aromatic rings. The van der Waals surface area contributed by atoms with Gasteiger partial charge in [-0.3, -0.25) is 4.79 Å². The zero-order chi connectivity index (χ0) is 18.7. The Morgan fingerprint density at radius 1 is 1.04 bits per heavy atom. The summed E-state index contributed by atoms with van der Waals surface area (Å²) in [6, 6.07) is 13.5. The fraction of sp³-hybridized carbons (Fsp3) is 0.278. The highest BCUT2D eigenvalue weighted by Gasteiger charge is 2.23. The van der Waals surface area contributed by atoms with Gasteiger partial charge in [0.05, 0.1) is 12.0 Å². The van der Waals surface area contributed by atoms with E-state index >= 15 is 0 Å². The molecule has 2 N–H and O–H groups in total. The molecule has 0 atom stereocenters. The third-order valence-corrected chi connectivity index (χ3v) is 5.34. The summed E-state index contributed by atoms with van der Waals surface area (Å²) >= 11 is 0. The van der Waals surface area contributed by atoms with Gasteiger partial charge in [0.25, 0.3) is 5.91 Å². The summed E-state index contributed by atoms with van der Waals surface area (Å²) in [5, 5.41) is 5.08. The van der Waals surface area contributed by atoms with E-state index in [1.54, 1.807) is 12.0 Å². The monoisotopic (exact) mass is 375 g/mol. The van der Waals surface area contributed by atoms with E-state index in [1.165, 1.54) is 24.3 Å². The number of rotatable bonds is 4. The second kappa shape index (κ2) is 7.35. The molecule has 0 saturated carbocycles. The van der Waals surface area contributed by atoms with Crippen LogP contribution >= 0.6 is 0 Å². The number of nitrogens with zero attached hydrogens (tertiary/aromatic N) is 2. The Balaban J connectivity index is 1.65. The maximum Gasteiger partial charge on any atom is 0.253 e. The summed E-state index contributed by atoms with van der Waals surface area (Å²) in [6.07, 6.45) is 0. The molecule has 1 fully saturated rings. The van der Waals surface area contributed by atoms with Crippen molar-refractivity contribution in [3.63, 3.8) is 0 Å². The molecule has 1 heterocycles. The predicted octanol–water partition coefficient (Wildman–Crippen LogP) is 1.30. The minimum Gasteiger partial charge on any atom is -0.497 e. The fourth-order valence-electron chi connectivity index (χ4n) is 2.94. The van der Waals surface area contributed by atoms with E-state index in [-0.39, 0.29) is 10.8 Å². The summed E-state index contributed by atoms with van der Waals surface area (Å²) in [7, 11) is -2.12. The van der Waals surface area contributed by atoms with Crippen molar-refractivity contribution in [2.24, 2.45) is 5.14 Å². The van der Waals surface area contributed by atoms with Crippen LogP contribution in [0.3, 0.4) is 0 Å². The van der Waals surface area contributed by atoms with Crippen molar-refractivity contribution >= 4 is 21.6 Å². The first-order chi connectivity index (χ1) is 12.4. The van der Waals surface area contributed by atoms with Gasteiger partial charge in [0.2, 0.25) is 10.0 Å². The molecule has 0 radical (unpaired) electrons. The lowest BCUT2D eigenvalue weighted by Crippen LogP contribution is -2.48. The van der Waals surface area contributed by atoms with Crippen LogP contribution in [-0.2, 0) is 10.0 Å². The minimum absolute atomic E-state index is 0.00288. The van der Waals surface area contributed by atoms with Crippen LogP contribution in [0.15, 0.2) is 53.4 Å². The number of nitrogens with two attached hydrogens (primary N) is 1. The molecule has 1 aliphatic heterocycles. The first kappa shape index (κ1) is 18.2. The van der Waals surface area contributed by atoms with E-state index in [0.29, 0.717) is 31.7 Å². The van der Waals surface area contributed by atoms with Gasteiger partial charge in [0, 0.05) is 43.5 Å². The number of methoxy groups -OCH3 is 1. The topological polar surface area (TPSA) is 92.9 Å². The molecule has 1 aliphatic rings. The number of amides is 1. The van der Waals surface area contributed by atoms with Gasteiger partial charge < -0.3 is 14.5 Å². The number of sulfonamides is 1. The van der Waals surface area contributed by atoms with Crippen molar-refractivity contribution in [2.45, 2.75) is 4.90 Å². The van der Waals surface area contributed by atoms with Crippen molar-refractivity contribution in [3.05, 3.63) is 54.1 Å². The first-order valence-corrected chi connectivity index (χ1v) is 9.74. The number of carbonyl (C=O) groups is 1. The van der Waals surface area contributed by atoms with Gasteiger partial charge in [-0.2, -0.15) is 0 Å². The second-order valence-electron chi connectivity index (χ2n) is 6.05. The molecular formula is C18H21N3O4S. The third kappa shape index (κ3) is 3.97. The number of anilines is 1. The van der Waals surface area contributed by atoms with Crippen molar-refractivity contribution in [2.75, 3.05) is 38.2 Å². The van der Waals surface area contributed by atoms with Crippen LogP contribution in [0.25, 0.3) is 0 Å². The van der Waals surface area contributed by atoms with E-state index in [2.05, 4.69) is 4.90 Å². The van der Waals surface area contributed by atoms with Gasteiger partial charge in [-0.1, -0.05) is 6.07 Å². The number of hydrogen-bond donors (Lipinski definition) is 1. The van der Waals surface area contributed by atoms with E-state index in [9.17, 15) is 13.2 Å². The van der Waals surface area contributed by atoms with Gasteiger partial charge in [0.1, 0.15) is 5.75 Å². The average molecular weight is 375 g/mol. The smallest absolute Gasteiger partial charge is 0.253 e. The standard InChI is InChI=1S/C18H21N3O4S/c1-25-16-4-2-3-15(13-16)20-9-11-21(12-10-20)18(22)14-5-7-17(8-6-14)26(19,23)24/h2-8,13H,9-12H2,1H3,(H2,19,23,24). The van der Waals surface area contributed by atoms with E-state index < -0.39 is 10.0 Å². The highest BCUT2D eigenvalue weighted by atomic mass is 32.2. The van der Waals surface area contributed by atoms with Gasteiger partial charge in [-0.05, 0) is 36.4 Å². The largest absolute Gasteiger partial charge is 0.497 e. The fourth-order valence-corrected chi connectivity index (χ4v) is 3.46. The second-order valence-corrected chi connectivity index (χ2v) is 7.61. The summed E-state index contributed by atoms with van der Waals surface area (Å²) in [4.78, 5) is 16.6. The quantitative estimate of drug-likeness (QED) is 0.870. The van der Waals surface area contributed by atoms with Crippen molar-refractivity contribution < 1.29 is 17.9 Å². The zero-order valence-electron chi connectivity index (χ0n) is 14.5. The normalized spacial score (nSPS) is 15.0. The van der Waals surface area contributed by atoms with Crippen LogP contribution in [-0.4, -0.2) is 52.5 Å². The molecule has 0 aliphatic carbocycles. The Bertz CT molecular complexity index is 889. The highest BCUT2D eigenvalue weighted by Crippen LogP contribution is 2.22. The molecule has 0 spiro atoms. The predicted molar refractivity (Wildman–Crippen MR) is 98.9 cm³/mol. The van der Waals surface area contributed by atoms with Crippen molar-refractivity contribution in [3.8, 4) is 5.75 Å². The van der Waals surface area contributed by atoms with Crippen LogP contribution < -0.4 is 14.8 Å². The lowest BCUT2D eigenvalue weighted by atomic mass is 10.1. The van der Waals surface area contributed by atoms with E-state index in [1.807, 2.05) is 24.3 Å². The Morgan fingerprint density at radius 3 is 2.27 bits per heavy atom. The average Bonchev–Trinajstić information content (AvgIpc) is 2.67. The number of ether oxygens (including phenoxy) is 1. The molecule has 0 unspecified atom stereocenters. The lowest BCUT2D eigenvalue weighted by molar-refractivity contribution is 0.0746. The molecular weight excluding hydrogens is 354 g/mol. The number of carbonyl (C=O) groups excluding carboxylic acids is 1. The molecule has 0 aromatic heterocycles. The van der Waals surface area contributed by atoms with Gasteiger partial charge in [-0.25, -0.2) is 13.6 Å². The molecule has 1 amide bonds. The molecule has 0 bridgehead atoms. The Hall–Kier alpha value is -2.58. The molecule has 26 heavy (non-hydrogen) atoms. The van der Waals surface area contributed by atoms with Crippen LogP contribution in [0.2, 0.25) is 0 Å². The van der Waals surface area contributed by atoms with Gasteiger partial charge in [-0.15, -0.1) is 0 Å². The molecule has 3 rings (SSSR count). The maximum atomic E-state index is 12.6. The van der Waals surface area contributed by atoms with E-state index in [0.717, 1.165) is 11.4 Å². The van der Waals surface area contributed by atoms with E-state index in [4.69, 9.17) is 9.88 Å². The summed E-state index contributed by atoms with van der Waals surface area (Å²) < 4.78 is 27.9. The number of piperazine rings is 1. The summed E-state index contributed by atoms with van der Waals surface area (Å²) in [6.45, 7) is 2.61. The third-order valence-electron chi connectivity index (χ3n) is 4.42. The zero-order valence-corrected chi connectivity index (χ0v) is 15.3. The van der Waals surface area contributed by atoms with Crippen molar-refractivity contribution in [1.82, 2.24) is 4.90 Å². The minimum atomic E-state index is -3.76. The van der Waals surface area contributed by atoms with Crippen LogP contribution in [0.4, 0.5) is 5.69 Å². The lowest BCUT2D eigenvalue weighted by Gasteiger charge is -2.36. The molecule has 138 valence electrons. The van der Waals surface area contributed by atoms with Crippen LogP contribution in [0, 0.1) is 0 Å². The number of primary sulfonamides is 1. The van der Waals surface area contributed by atoms with Gasteiger partial charge in [0.15, 0.2) is 0 Å². The number of hydrogen-bond acceptors (Lipinski definition) is 5. The summed E-state index contributed by atoms with van der Waals surface area (Å²) in [5.41, 5.74) is 1.51. The maximum absolute atomic E-state index is 12.6. The first-order valence-electron chi connectivity index (χ1n) is 8.19. The molecule has 1 saturated heterocycles. The molecule has 8 heteroatoms.